The summed E-state index contributed by atoms with van der Waals surface area (Å²) in [5.74, 6) is -1.50. The highest BCUT2D eigenvalue weighted by molar-refractivity contribution is 7.89. The minimum absolute atomic E-state index is 0.00251. The number of halogens is 5. The minimum atomic E-state index is -4.98. The molecule has 0 aromatic heterocycles. The van der Waals surface area contributed by atoms with Crippen molar-refractivity contribution in [1.29, 1.82) is 0 Å². The molecule has 2 aromatic carbocycles. The summed E-state index contributed by atoms with van der Waals surface area (Å²) < 4.78 is 84.6. The van der Waals surface area contributed by atoms with E-state index in [1.807, 2.05) is 6.92 Å². The molecule has 37 heavy (non-hydrogen) atoms. The number of ether oxygens (including phenoxy) is 1. The number of fused-ring (bicyclic) bond motifs is 2. The van der Waals surface area contributed by atoms with Crippen LogP contribution in [0.2, 0.25) is 5.02 Å². The van der Waals surface area contributed by atoms with E-state index in [-0.39, 0.29) is 52.9 Å². The Labute approximate surface area is 217 Å². The van der Waals surface area contributed by atoms with Crippen molar-refractivity contribution < 1.29 is 35.5 Å². The molecule has 2 atom stereocenters. The van der Waals surface area contributed by atoms with E-state index in [1.54, 1.807) is 4.90 Å². The fourth-order valence-corrected chi connectivity index (χ4v) is 6.51. The first-order valence-corrected chi connectivity index (χ1v) is 13.5. The van der Waals surface area contributed by atoms with Crippen LogP contribution in [0.25, 0.3) is 0 Å². The van der Waals surface area contributed by atoms with Crippen LogP contribution in [-0.4, -0.2) is 68.7 Å². The number of rotatable bonds is 7. The number of alkyl halides is 3. The molecule has 0 aliphatic carbocycles. The number of amides is 1. The van der Waals surface area contributed by atoms with Gasteiger partial charge in [-0.3, -0.25) is 4.79 Å². The number of hydrogen-bond donors (Lipinski definition) is 0. The van der Waals surface area contributed by atoms with Gasteiger partial charge in [0.25, 0.3) is 5.91 Å². The monoisotopic (exact) mass is 563 g/mol. The summed E-state index contributed by atoms with van der Waals surface area (Å²) in [6.45, 7) is 2.40. The van der Waals surface area contributed by atoms with Crippen molar-refractivity contribution in [2.24, 2.45) is 0 Å². The topological polar surface area (TPSA) is 70.2 Å². The Morgan fingerprint density at radius 2 is 1.78 bits per heavy atom. The standard InChI is InChI=1S/C24H26ClF4N3O4S/c1-3-10-30(2)37(34,35)18-7-9-22(36-24(27,28)29)21(12-18)32-16-5-6-17(32)14-31(13-16)23(33)19-8-4-15(26)11-20(19)25/h4,7-9,11-12,16-17H,3,5-6,10,13-14H2,1-2H3/t16-,17+. The highest BCUT2D eigenvalue weighted by atomic mass is 35.5. The molecule has 2 saturated heterocycles. The van der Waals surface area contributed by atoms with Crippen molar-refractivity contribution in [2.75, 3.05) is 31.6 Å². The third-order valence-corrected chi connectivity index (χ3v) is 8.78. The Bertz CT molecular complexity index is 1280. The second kappa shape index (κ2) is 10.3. The summed E-state index contributed by atoms with van der Waals surface area (Å²) in [6.07, 6.45) is -3.27. The fraction of sp³-hybridized carbons (Fsp3) is 0.458. The summed E-state index contributed by atoms with van der Waals surface area (Å²) >= 11 is 6.07. The Morgan fingerprint density at radius 1 is 1.14 bits per heavy atom. The van der Waals surface area contributed by atoms with Crippen LogP contribution in [0.15, 0.2) is 41.3 Å². The van der Waals surface area contributed by atoms with Gasteiger partial charge in [-0.25, -0.2) is 17.1 Å². The molecule has 0 saturated carbocycles. The van der Waals surface area contributed by atoms with E-state index >= 15 is 0 Å². The Kier molecular flexibility index (Phi) is 7.64. The van der Waals surface area contributed by atoms with Gasteiger partial charge in [-0.1, -0.05) is 18.5 Å². The van der Waals surface area contributed by atoms with Crippen molar-refractivity contribution >= 4 is 33.2 Å². The Hall–Kier alpha value is -2.57. The predicted molar refractivity (Wildman–Crippen MR) is 130 cm³/mol. The van der Waals surface area contributed by atoms with Gasteiger partial charge in [-0.15, -0.1) is 13.2 Å². The highest BCUT2D eigenvalue weighted by Crippen LogP contribution is 2.43. The number of carbonyl (C=O) groups excluding carboxylic acids is 1. The zero-order valence-corrected chi connectivity index (χ0v) is 21.7. The van der Waals surface area contributed by atoms with Gasteiger partial charge in [0.05, 0.1) is 21.2 Å². The predicted octanol–water partition coefficient (Wildman–Crippen LogP) is 4.90. The lowest BCUT2D eigenvalue weighted by Crippen LogP contribution is -2.55. The quantitative estimate of drug-likeness (QED) is 0.448. The van der Waals surface area contributed by atoms with Crippen LogP contribution in [0.1, 0.15) is 36.5 Å². The average molecular weight is 564 g/mol. The summed E-state index contributed by atoms with van der Waals surface area (Å²) in [6, 6.07) is 6.03. The van der Waals surface area contributed by atoms with Crippen LogP contribution < -0.4 is 9.64 Å². The molecule has 1 amide bonds. The van der Waals surface area contributed by atoms with E-state index in [0.717, 1.165) is 28.6 Å². The molecule has 202 valence electrons. The second-order valence-electron chi connectivity index (χ2n) is 9.13. The van der Waals surface area contributed by atoms with Crippen LogP contribution in [0.4, 0.5) is 23.2 Å². The summed E-state index contributed by atoms with van der Waals surface area (Å²) in [5, 5.41) is -0.0326. The molecule has 0 N–H and O–H groups in total. The molecule has 13 heteroatoms. The number of likely N-dealkylation sites (tertiary alicyclic amines) is 1. The highest BCUT2D eigenvalue weighted by Gasteiger charge is 2.44. The van der Waals surface area contributed by atoms with Crippen LogP contribution in [0, 0.1) is 5.82 Å². The maximum Gasteiger partial charge on any atom is 0.573 e. The largest absolute Gasteiger partial charge is 0.573 e. The molecule has 4 rings (SSSR count). The van der Waals surface area contributed by atoms with Crippen LogP contribution in [0.3, 0.4) is 0 Å². The number of carbonyl (C=O) groups is 1. The molecule has 2 heterocycles. The van der Waals surface area contributed by atoms with E-state index in [4.69, 9.17) is 11.6 Å². The van der Waals surface area contributed by atoms with Gasteiger partial charge < -0.3 is 14.5 Å². The number of nitrogens with zero attached hydrogens (tertiary/aromatic N) is 3. The van der Waals surface area contributed by atoms with Crippen molar-refractivity contribution in [2.45, 2.75) is 49.5 Å². The average Bonchev–Trinajstić information content (AvgIpc) is 3.06. The van der Waals surface area contributed by atoms with Crippen LogP contribution in [0.5, 0.6) is 5.75 Å². The van der Waals surface area contributed by atoms with E-state index in [2.05, 4.69) is 4.74 Å². The summed E-state index contributed by atoms with van der Waals surface area (Å²) in [5.41, 5.74) is 0.131. The molecule has 2 bridgehead atoms. The van der Waals surface area contributed by atoms with Gasteiger partial charge >= 0.3 is 6.36 Å². The van der Waals surface area contributed by atoms with Crippen LogP contribution in [-0.2, 0) is 10.0 Å². The minimum Gasteiger partial charge on any atom is -0.404 e. The maximum absolute atomic E-state index is 13.4. The van der Waals surface area contributed by atoms with Gasteiger partial charge in [0.15, 0.2) is 5.75 Å². The molecular formula is C24H26ClF4N3O4S. The van der Waals surface area contributed by atoms with E-state index in [9.17, 15) is 30.8 Å². The van der Waals surface area contributed by atoms with E-state index in [0.29, 0.717) is 19.3 Å². The number of anilines is 1. The molecule has 2 aliphatic heterocycles. The van der Waals surface area contributed by atoms with Crippen molar-refractivity contribution in [3.63, 3.8) is 0 Å². The maximum atomic E-state index is 13.4. The van der Waals surface area contributed by atoms with Gasteiger partial charge in [0.1, 0.15) is 5.82 Å². The Balaban J connectivity index is 1.68. The second-order valence-corrected chi connectivity index (χ2v) is 11.6. The third-order valence-electron chi connectivity index (χ3n) is 6.61. The lowest BCUT2D eigenvalue weighted by molar-refractivity contribution is -0.274. The molecule has 0 spiro atoms. The van der Waals surface area contributed by atoms with Crippen LogP contribution >= 0.6 is 11.6 Å². The zero-order valence-electron chi connectivity index (χ0n) is 20.1. The van der Waals surface area contributed by atoms with Gasteiger partial charge in [0, 0.05) is 38.8 Å². The van der Waals surface area contributed by atoms with Crippen molar-refractivity contribution in [3.05, 3.63) is 52.8 Å². The number of hydrogen-bond acceptors (Lipinski definition) is 5. The Morgan fingerprint density at radius 3 is 2.35 bits per heavy atom. The number of benzene rings is 2. The van der Waals surface area contributed by atoms with Crippen molar-refractivity contribution in [3.8, 4) is 5.75 Å². The van der Waals surface area contributed by atoms with Gasteiger partial charge in [-0.2, -0.15) is 0 Å². The molecular weight excluding hydrogens is 538 g/mol. The molecule has 0 unspecified atom stereocenters. The molecule has 2 aromatic rings. The summed E-state index contributed by atoms with van der Waals surface area (Å²) in [4.78, 5) is 16.2. The zero-order chi connectivity index (χ0) is 27.1. The fourth-order valence-electron chi connectivity index (χ4n) is 4.98. The first-order valence-electron chi connectivity index (χ1n) is 11.7. The first-order chi connectivity index (χ1) is 17.3. The lowest BCUT2D eigenvalue weighted by Gasteiger charge is -2.43. The van der Waals surface area contributed by atoms with Gasteiger partial charge in [-0.05, 0) is 55.7 Å². The molecule has 0 radical (unpaired) electrons. The normalized spacial score (nSPS) is 20.0. The lowest BCUT2D eigenvalue weighted by atomic mass is 10.1. The SMILES string of the molecule is CCCN(C)S(=O)(=O)c1ccc(OC(F)(F)F)c(N2[C@@H]3CC[C@H]2CN(C(=O)c2ccc(F)cc2Cl)C3)c1. The smallest absolute Gasteiger partial charge is 0.404 e. The third kappa shape index (κ3) is 5.65. The first kappa shape index (κ1) is 27.5. The van der Waals surface area contributed by atoms with E-state index < -0.39 is 33.9 Å². The number of piperazine rings is 1. The van der Waals surface area contributed by atoms with E-state index in [1.165, 1.54) is 24.1 Å². The molecule has 2 aliphatic rings. The molecule has 7 nitrogen and oxygen atoms in total. The van der Waals surface area contributed by atoms with Gasteiger partial charge in [0.2, 0.25) is 10.0 Å². The molecule has 2 fully saturated rings. The summed E-state index contributed by atoms with van der Waals surface area (Å²) in [7, 11) is -2.54. The van der Waals surface area contributed by atoms with Crippen molar-refractivity contribution in [1.82, 2.24) is 9.21 Å². The number of sulfonamides is 1.